The zero-order valence-electron chi connectivity index (χ0n) is 10.9. The molecule has 0 unspecified atom stereocenters. The molecule has 1 aliphatic heterocycles. The third kappa shape index (κ3) is 2.37. The smallest absolute Gasteiger partial charge is 0.243 e. The molecule has 0 spiro atoms. The average molecular weight is 268 g/mol. The van der Waals surface area contributed by atoms with Crippen LogP contribution in [0.5, 0.6) is 0 Å². The summed E-state index contributed by atoms with van der Waals surface area (Å²) in [6.07, 6.45) is 2.01. The van der Waals surface area contributed by atoms with E-state index in [0.29, 0.717) is 18.0 Å². The highest BCUT2D eigenvalue weighted by Crippen LogP contribution is 2.26. The van der Waals surface area contributed by atoms with E-state index in [-0.39, 0.29) is 0 Å². The highest BCUT2D eigenvalue weighted by Gasteiger charge is 2.22. The first-order valence-corrected chi connectivity index (χ1v) is 7.90. The number of anilines is 1. The minimum Gasteiger partial charge on any atom is -0.385 e. The summed E-state index contributed by atoms with van der Waals surface area (Å²) < 4.78 is 26.3. The summed E-state index contributed by atoms with van der Waals surface area (Å²) in [5.41, 5.74) is 2.18. The topological polar surface area (TPSA) is 49.4 Å². The molecule has 0 radical (unpaired) electrons. The van der Waals surface area contributed by atoms with E-state index in [1.54, 1.807) is 6.07 Å². The number of nitrogens with zero attached hydrogens (tertiary/aromatic N) is 1. The van der Waals surface area contributed by atoms with Crippen molar-refractivity contribution in [3.63, 3.8) is 0 Å². The Morgan fingerprint density at radius 2 is 2.00 bits per heavy atom. The molecule has 5 heteroatoms. The fraction of sp³-hybridized carbons (Fsp3) is 0.538. The van der Waals surface area contributed by atoms with Crippen LogP contribution >= 0.6 is 0 Å². The highest BCUT2D eigenvalue weighted by molar-refractivity contribution is 7.89. The summed E-state index contributed by atoms with van der Waals surface area (Å²) in [5, 5.41) is 3.29. The molecule has 1 N–H and O–H groups in total. The van der Waals surface area contributed by atoms with Crippen LogP contribution in [0.3, 0.4) is 0 Å². The van der Waals surface area contributed by atoms with Gasteiger partial charge in [0, 0.05) is 25.3 Å². The fourth-order valence-corrected chi connectivity index (χ4v) is 3.83. The molecular formula is C13H20N2O2S. The van der Waals surface area contributed by atoms with Crippen molar-refractivity contribution in [3.05, 3.63) is 23.8 Å². The van der Waals surface area contributed by atoms with Gasteiger partial charge >= 0.3 is 0 Å². The molecule has 1 heterocycles. The van der Waals surface area contributed by atoms with Crippen molar-refractivity contribution in [2.75, 3.05) is 25.0 Å². The molecule has 0 aliphatic carbocycles. The zero-order chi connectivity index (χ0) is 13.2. The lowest BCUT2D eigenvalue weighted by Gasteiger charge is -2.22. The third-order valence-electron chi connectivity index (χ3n) is 3.36. The number of fused-ring (bicyclic) bond motifs is 1. The van der Waals surface area contributed by atoms with Crippen molar-refractivity contribution in [3.8, 4) is 0 Å². The Morgan fingerprint density at radius 1 is 1.28 bits per heavy atom. The van der Waals surface area contributed by atoms with Gasteiger partial charge in [0.1, 0.15) is 0 Å². The maximum absolute atomic E-state index is 12.4. The van der Waals surface area contributed by atoms with E-state index in [4.69, 9.17) is 0 Å². The average Bonchev–Trinajstić information content (AvgIpc) is 2.39. The van der Waals surface area contributed by atoms with Crippen LogP contribution < -0.4 is 5.32 Å². The first kappa shape index (κ1) is 13.4. The molecule has 0 fully saturated rings. The van der Waals surface area contributed by atoms with Crippen LogP contribution in [0, 0.1) is 0 Å². The number of nitrogens with one attached hydrogen (secondary N) is 1. The standard InChI is InChI=1S/C13H20N2O2S/c1-3-15(4-2)18(16,17)12-7-8-13-11(10-12)6-5-9-14-13/h7-8,10,14H,3-6,9H2,1-2H3. The van der Waals surface area contributed by atoms with E-state index in [1.807, 2.05) is 26.0 Å². The lowest BCUT2D eigenvalue weighted by Crippen LogP contribution is -2.30. The zero-order valence-corrected chi connectivity index (χ0v) is 11.8. The van der Waals surface area contributed by atoms with E-state index >= 15 is 0 Å². The van der Waals surface area contributed by atoms with Gasteiger partial charge < -0.3 is 5.32 Å². The van der Waals surface area contributed by atoms with Gasteiger partial charge in [-0.1, -0.05) is 13.8 Å². The monoisotopic (exact) mass is 268 g/mol. The van der Waals surface area contributed by atoms with Crippen molar-refractivity contribution < 1.29 is 8.42 Å². The van der Waals surface area contributed by atoms with E-state index in [2.05, 4.69) is 5.32 Å². The summed E-state index contributed by atoms with van der Waals surface area (Å²) in [7, 11) is -3.33. The number of benzene rings is 1. The Morgan fingerprint density at radius 3 is 2.67 bits per heavy atom. The van der Waals surface area contributed by atoms with Crippen molar-refractivity contribution in [1.29, 1.82) is 0 Å². The molecule has 2 rings (SSSR count). The summed E-state index contributed by atoms with van der Waals surface area (Å²) in [4.78, 5) is 0.411. The van der Waals surface area contributed by atoms with Gasteiger partial charge in [-0.3, -0.25) is 0 Å². The van der Waals surface area contributed by atoms with Gasteiger partial charge in [0.2, 0.25) is 10.0 Å². The number of hydrogen-bond acceptors (Lipinski definition) is 3. The molecular weight excluding hydrogens is 248 g/mol. The summed E-state index contributed by atoms with van der Waals surface area (Å²) in [5.74, 6) is 0. The molecule has 0 amide bonds. The maximum Gasteiger partial charge on any atom is 0.243 e. The second kappa shape index (κ2) is 5.28. The molecule has 0 atom stereocenters. The molecule has 0 saturated heterocycles. The van der Waals surface area contributed by atoms with Crippen molar-refractivity contribution in [1.82, 2.24) is 4.31 Å². The Balaban J connectivity index is 2.39. The van der Waals surface area contributed by atoms with E-state index in [1.165, 1.54) is 4.31 Å². The highest BCUT2D eigenvalue weighted by atomic mass is 32.2. The van der Waals surface area contributed by atoms with Gasteiger partial charge in [-0.2, -0.15) is 4.31 Å². The second-order valence-corrected chi connectivity index (χ2v) is 6.38. The predicted molar refractivity (Wildman–Crippen MR) is 73.4 cm³/mol. The number of aryl methyl sites for hydroxylation is 1. The minimum atomic E-state index is -3.33. The van der Waals surface area contributed by atoms with Crippen LogP contribution in [-0.2, 0) is 16.4 Å². The van der Waals surface area contributed by atoms with Crippen LogP contribution in [0.4, 0.5) is 5.69 Å². The van der Waals surface area contributed by atoms with Gasteiger partial charge in [-0.15, -0.1) is 0 Å². The Hall–Kier alpha value is -1.07. The first-order valence-electron chi connectivity index (χ1n) is 6.46. The van der Waals surface area contributed by atoms with Gasteiger partial charge in [0.15, 0.2) is 0 Å². The molecule has 4 nitrogen and oxygen atoms in total. The molecule has 1 aromatic carbocycles. The number of sulfonamides is 1. The van der Waals surface area contributed by atoms with Gasteiger partial charge in [0.05, 0.1) is 4.90 Å². The molecule has 0 aromatic heterocycles. The minimum absolute atomic E-state index is 0.411. The Bertz CT molecular complexity index is 522. The van der Waals surface area contributed by atoms with Crippen molar-refractivity contribution in [2.24, 2.45) is 0 Å². The van der Waals surface area contributed by atoms with E-state index in [9.17, 15) is 8.42 Å². The first-order chi connectivity index (χ1) is 8.59. The second-order valence-electron chi connectivity index (χ2n) is 4.44. The molecule has 100 valence electrons. The summed E-state index contributed by atoms with van der Waals surface area (Å²) in [6, 6.07) is 5.39. The molecule has 18 heavy (non-hydrogen) atoms. The number of hydrogen-bond donors (Lipinski definition) is 1. The van der Waals surface area contributed by atoms with Crippen LogP contribution in [-0.4, -0.2) is 32.4 Å². The molecule has 1 aliphatic rings. The lowest BCUT2D eigenvalue weighted by atomic mass is 10.0. The lowest BCUT2D eigenvalue weighted by molar-refractivity contribution is 0.445. The summed E-state index contributed by atoms with van der Waals surface area (Å²) in [6.45, 7) is 5.71. The van der Waals surface area contributed by atoms with Crippen LogP contribution in [0.1, 0.15) is 25.8 Å². The Kier molecular flexibility index (Phi) is 3.92. The van der Waals surface area contributed by atoms with Crippen LogP contribution in [0.15, 0.2) is 23.1 Å². The molecule has 0 saturated carbocycles. The quantitative estimate of drug-likeness (QED) is 0.909. The SMILES string of the molecule is CCN(CC)S(=O)(=O)c1ccc2c(c1)CCCN2. The predicted octanol–water partition coefficient (Wildman–Crippen LogP) is 2.08. The van der Waals surface area contributed by atoms with Crippen molar-refractivity contribution >= 4 is 15.7 Å². The fourth-order valence-electron chi connectivity index (χ4n) is 2.32. The Labute approximate surface area is 109 Å². The van der Waals surface area contributed by atoms with E-state index in [0.717, 1.165) is 30.6 Å². The maximum atomic E-state index is 12.4. The summed E-state index contributed by atoms with van der Waals surface area (Å²) >= 11 is 0. The van der Waals surface area contributed by atoms with Crippen LogP contribution in [0.25, 0.3) is 0 Å². The third-order valence-corrected chi connectivity index (χ3v) is 5.40. The molecule has 1 aromatic rings. The van der Waals surface area contributed by atoms with Gasteiger partial charge in [-0.05, 0) is 36.6 Å². The largest absolute Gasteiger partial charge is 0.385 e. The van der Waals surface area contributed by atoms with E-state index < -0.39 is 10.0 Å². The molecule has 0 bridgehead atoms. The van der Waals surface area contributed by atoms with Gasteiger partial charge in [-0.25, -0.2) is 8.42 Å². The van der Waals surface area contributed by atoms with Crippen LogP contribution in [0.2, 0.25) is 0 Å². The normalized spacial score (nSPS) is 15.3. The van der Waals surface area contributed by atoms with Crippen molar-refractivity contribution in [2.45, 2.75) is 31.6 Å². The number of rotatable bonds is 4. The van der Waals surface area contributed by atoms with Gasteiger partial charge in [0.25, 0.3) is 0 Å².